The second-order valence-electron chi connectivity index (χ2n) is 4.66. The maximum Gasteiger partial charge on any atom is 0.157 e. The van der Waals surface area contributed by atoms with Gasteiger partial charge in [-0.1, -0.05) is 0 Å². The van der Waals surface area contributed by atoms with E-state index in [0.29, 0.717) is 19.0 Å². The highest BCUT2D eigenvalue weighted by Crippen LogP contribution is 2.32. The first-order valence-electron chi connectivity index (χ1n) is 6.41. The van der Waals surface area contributed by atoms with Crippen molar-refractivity contribution in [3.63, 3.8) is 0 Å². The second-order valence-corrected chi connectivity index (χ2v) is 4.66. The monoisotopic (exact) mass is 263 g/mol. The van der Waals surface area contributed by atoms with Crippen molar-refractivity contribution in [3.8, 4) is 0 Å². The fourth-order valence-electron chi connectivity index (χ4n) is 2.46. The Bertz CT molecular complexity index is 572. The fraction of sp³-hybridized carbons (Fsp3) is 0.429. The lowest BCUT2D eigenvalue weighted by Gasteiger charge is -2.29. The Balaban J connectivity index is 2.11. The summed E-state index contributed by atoms with van der Waals surface area (Å²) < 4.78 is 11.0. The van der Waals surface area contributed by atoms with Crippen LogP contribution in [0.15, 0.2) is 22.6 Å². The van der Waals surface area contributed by atoms with Crippen LogP contribution in [0.25, 0.3) is 11.0 Å². The van der Waals surface area contributed by atoms with Gasteiger partial charge in [0.1, 0.15) is 12.4 Å². The summed E-state index contributed by atoms with van der Waals surface area (Å²) in [6, 6.07) is 5.65. The van der Waals surface area contributed by atoms with Gasteiger partial charge in [-0.15, -0.1) is 0 Å². The van der Waals surface area contributed by atoms with Gasteiger partial charge in [-0.25, -0.2) is 0 Å². The molecule has 1 aromatic carbocycles. The number of furan rings is 1. The lowest BCUT2D eigenvalue weighted by Crippen LogP contribution is -2.36. The van der Waals surface area contributed by atoms with Crippen molar-refractivity contribution in [1.82, 2.24) is 0 Å². The number of hydrogen-bond donors (Lipinski definition) is 2. The van der Waals surface area contributed by atoms with Crippen LogP contribution in [-0.2, 0) is 18.0 Å². The third kappa shape index (κ3) is 2.32. The minimum Gasteiger partial charge on any atom is -0.456 e. The number of ether oxygens (including phenoxy) is 1. The molecule has 2 heterocycles. The van der Waals surface area contributed by atoms with Gasteiger partial charge in [-0.2, -0.15) is 0 Å². The molecule has 2 N–H and O–H groups in total. The fourth-order valence-corrected chi connectivity index (χ4v) is 2.46. The van der Waals surface area contributed by atoms with E-state index in [4.69, 9.17) is 9.15 Å². The number of hydrogen-bond acceptors (Lipinski definition) is 5. The van der Waals surface area contributed by atoms with E-state index in [1.54, 1.807) is 0 Å². The molecule has 1 saturated heterocycles. The van der Waals surface area contributed by atoms with Crippen molar-refractivity contribution in [2.45, 2.75) is 13.2 Å². The molecule has 0 radical (unpaired) electrons. The van der Waals surface area contributed by atoms with E-state index >= 15 is 0 Å². The van der Waals surface area contributed by atoms with Crippen LogP contribution >= 0.6 is 0 Å². The number of aliphatic hydroxyl groups excluding tert-OH is 2. The summed E-state index contributed by atoms with van der Waals surface area (Å²) in [5.74, 6) is 0.541. The van der Waals surface area contributed by atoms with Crippen LogP contribution < -0.4 is 4.90 Å². The third-order valence-electron chi connectivity index (χ3n) is 3.40. The van der Waals surface area contributed by atoms with Crippen molar-refractivity contribution in [3.05, 3.63) is 29.5 Å². The van der Waals surface area contributed by atoms with Crippen LogP contribution in [-0.4, -0.2) is 36.5 Å². The molecule has 3 rings (SSSR count). The molecule has 0 saturated carbocycles. The van der Waals surface area contributed by atoms with Gasteiger partial charge in [0.05, 0.1) is 25.5 Å². The van der Waals surface area contributed by atoms with E-state index in [0.717, 1.165) is 35.3 Å². The molecule has 0 atom stereocenters. The molecule has 1 fully saturated rings. The minimum atomic E-state index is -0.119. The third-order valence-corrected chi connectivity index (χ3v) is 3.40. The van der Waals surface area contributed by atoms with Gasteiger partial charge in [0, 0.05) is 18.5 Å². The smallest absolute Gasteiger partial charge is 0.157 e. The Morgan fingerprint density at radius 3 is 2.53 bits per heavy atom. The topological polar surface area (TPSA) is 66.1 Å². The van der Waals surface area contributed by atoms with Crippen molar-refractivity contribution in [2.75, 3.05) is 31.2 Å². The van der Waals surface area contributed by atoms with Crippen LogP contribution in [0.4, 0.5) is 5.69 Å². The zero-order valence-electron chi connectivity index (χ0n) is 10.6. The Morgan fingerprint density at radius 2 is 1.84 bits per heavy atom. The van der Waals surface area contributed by atoms with Crippen LogP contribution in [0.2, 0.25) is 0 Å². The summed E-state index contributed by atoms with van der Waals surface area (Å²) in [5, 5.41) is 19.5. The largest absolute Gasteiger partial charge is 0.456 e. The molecule has 2 aromatic rings. The van der Waals surface area contributed by atoms with Gasteiger partial charge in [-0.3, -0.25) is 0 Å². The molecule has 0 aliphatic carbocycles. The second kappa shape index (κ2) is 5.21. The zero-order chi connectivity index (χ0) is 13.2. The SMILES string of the molecule is OCc1cc(N2CCOCC2)c2oc(CO)cc2c1. The highest BCUT2D eigenvalue weighted by atomic mass is 16.5. The molecule has 1 aliphatic heterocycles. The molecular formula is C14H17NO4. The Kier molecular flexibility index (Phi) is 3.42. The minimum absolute atomic E-state index is 0.00703. The molecular weight excluding hydrogens is 246 g/mol. The highest BCUT2D eigenvalue weighted by Gasteiger charge is 2.18. The van der Waals surface area contributed by atoms with Crippen molar-refractivity contribution in [1.29, 1.82) is 0 Å². The number of nitrogens with zero attached hydrogens (tertiary/aromatic N) is 1. The van der Waals surface area contributed by atoms with Crippen molar-refractivity contribution in [2.24, 2.45) is 0 Å². The lowest BCUT2D eigenvalue weighted by molar-refractivity contribution is 0.122. The molecule has 5 nitrogen and oxygen atoms in total. The first kappa shape index (κ1) is 12.5. The van der Waals surface area contributed by atoms with E-state index in [9.17, 15) is 10.2 Å². The van der Waals surface area contributed by atoms with Gasteiger partial charge in [-0.05, 0) is 23.8 Å². The van der Waals surface area contributed by atoms with Gasteiger partial charge in [0.25, 0.3) is 0 Å². The van der Waals surface area contributed by atoms with E-state index in [-0.39, 0.29) is 13.2 Å². The van der Waals surface area contributed by atoms with Gasteiger partial charge < -0.3 is 24.3 Å². The number of benzene rings is 1. The average molecular weight is 263 g/mol. The van der Waals surface area contributed by atoms with Crippen LogP contribution in [0.3, 0.4) is 0 Å². The quantitative estimate of drug-likeness (QED) is 0.872. The van der Waals surface area contributed by atoms with E-state index in [1.807, 2.05) is 18.2 Å². The maximum absolute atomic E-state index is 9.36. The summed E-state index contributed by atoms with van der Waals surface area (Å²) in [5.41, 5.74) is 2.58. The van der Waals surface area contributed by atoms with E-state index in [1.165, 1.54) is 0 Å². The van der Waals surface area contributed by atoms with Gasteiger partial charge >= 0.3 is 0 Å². The Morgan fingerprint density at radius 1 is 1.05 bits per heavy atom. The van der Waals surface area contributed by atoms with E-state index in [2.05, 4.69) is 4.90 Å². The number of aliphatic hydroxyl groups is 2. The summed E-state index contributed by atoms with van der Waals surface area (Å²) in [6.45, 7) is 2.87. The highest BCUT2D eigenvalue weighted by molar-refractivity contribution is 5.91. The number of rotatable bonds is 3. The number of fused-ring (bicyclic) bond motifs is 1. The summed E-state index contributed by atoms with van der Waals surface area (Å²) in [4.78, 5) is 2.19. The standard InChI is InChI=1S/C14H17NO4/c16-8-10-5-11-7-12(9-17)19-14(11)13(6-10)15-1-3-18-4-2-15/h5-7,16-17H,1-4,8-9H2. The Hall–Kier alpha value is -1.56. The molecule has 5 heteroatoms. The zero-order valence-corrected chi connectivity index (χ0v) is 10.6. The summed E-state index contributed by atoms with van der Waals surface area (Å²) in [7, 11) is 0. The van der Waals surface area contributed by atoms with E-state index < -0.39 is 0 Å². The molecule has 0 amide bonds. The first-order valence-corrected chi connectivity index (χ1v) is 6.41. The summed E-state index contributed by atoms with van der Waals surface area (Å²) >= 11 is 0. The molecule has 0 unspecified atom stereocenters. The van der Waals surface area contributed by atoms with Crippen molar-refractivity contribution < 1.29 is 19.4 Å². The molecule has 1 aromatic heterocycles. The Labute approximate surface area is 111 Å². The molecule has 102 valence electrons. The van der Waals surface area contributed by atoms with Gasteiger partial charge in [0.2, 0.25) is 0 Å². The molecule has 0 spiro atoms. The van der Waals surface area contributed by atoms with Crippen molar-refractivity contribution >= 4 is 16.7 Å². The average Bonchev–Trinajstić information content (AvgIpc) is 2.90. The number of anilines is 1. The molecule has 0 bridgehead atoms. The molecule has 1 aliphatic rings. The molecule has 19 heavy (non-hydrogen) atoms. The van der Waals surface area contributed by atoms with Crippen LogP contribution in [0, 0.1) is 0 Å². The predicted molar refractivity (Wildman–Crippen MR) is 71.1 cm³/mol. The normalized spacial score (nSPS) is 16.2. The van der Waals surface area contributed by atoms with Crippen LogP contribution in [0.5, 0.6) is 0 Å². The lowest BCUT2D eigenvalue weighted by atomic mass is 10.1. The predicted octanol–water partition coefficient (Wildman–Crippen LogP) is 1.25. The summed E-state index contributed by atoms with van der Waals surface area (Å²) in [6.07, 6.45) is 0. The maximum atomic E-state index is 9.36. The first-order chi connectivity index (χ1) is 9.31. The van der Waals surface area contributed by atoms with Gasteiger partial charge in [0.15, 0.2) is 5.58 Å². The van der Waals surface area contributed by atoms with Crippen LogP contribution in [0.1, 0.15) is 11.3 Å². The number of morpholine rings is 1.